The largest absolute Gasteiger partial charge is 0.322 e. The Morgan fingerprint density at radius 2 is 1.91 bits per heavy atom. The lowest BCUT2D eigenvalue weighted by atomic mass is 10.1. The van der Waals surface area contributed by atoms with Gasteiger partial charge >= 0.3 is 0 Å². The molecule has 1 heterocycles. The molecular formula is C16H19N3O3S. The van der Waals surface area contributed by atoms with E-state index in [-0.39, 0.29) is 12.5 Å². The number of nitrogens with one attached hydrogen (secondary N) is 2. The maximum Gasteiger partial charge on any atom is 0.255 e. The molecule has 0 fully saturated rings. The third kappa shape index (κ3) is 5.15. The van der Waals surface area contributed by atoms with E-state index in [0.717, 1.165) is 23.1 Å². The van der Waals surface area contributed by atoms with Crippen molar-refractivity contribution in [3.05, 3.63) is 58.9 Å². The monoisotopic (exact) mass is 333 g/mol. The van der Waals surface area contributed by atoms with Gasteiger partial charge in [0.2, 0.25) is 10.0 Å². The van der Waals surface area contributed by atoms with Gasteiger partial charge in [0.1, 0.15) is 0 Å². The normalized spacial score (nSPS) is 11.3. The SMILES string of the molecule is Cc1ccc(C)c(NC(=O)c2ccnc(CNS(C)(=O)=O)c2)c1. The number of aromatic nitrogens is 1. The van der Waals surface area contributed by atoms with Gasteiger partial charge in [-0.1, -0.05) is 12.1 Å². The average molecular weight is 333 g/mol. The van der Waals surface area contributed by atoms with Crippen molar-refractivity contribution in [2.24, 2.45) is 0 Å². The van der Waals surface area contributed by atoms with Gasteiger partial charge < -0.3 is 5.32 Å². The summed E-state index contributed by atoms with van der Waals surface area (Å²) in [5, 5.41) is 2.86. The van der Waals surface area contributed by atoms with Crippen LogP contribution in [0.4, 0.5) is 5.69 Å². The Morgan fingerprint density at radius 3 is 2.61 bits per heavy atom. The molecule has 0 aliphatic carbocycles. The van der Waals surface area contributed by atoms with Crippen molar-refractivity contribution in [2.75, 3.05) is 11.6 Å². The van der Waals surface area contributed by atoms with Crippen molar-refractivity contribution >= 4 is 21.6 Å². The standard InChI is InChI=1S/C16H19N3O3S/c1-11-4-5-12(2)15(8-11)19-16(20)13-6-7-17-14(9-13)10-18-23(3,21)22/h4-9,18H,10H2,1-3H3,(H,19,20). The van der Waals surface area contributed by atoms with E-state index in [1.165, 1.54) is 6.20 Å². The maximum atomic E-state index is 12.4. The Kier molecular flexibility index (Phi) is 5.12. The Bertz CT molecular complexity index is 832. The number of carbonyl (C=O) groups is 1. The molecule has 7 heteroatoms. The van der Waals surface area contributed by atoms with E-state index < -0.39 is 10.0 Å². The molecule has 1 aromatic carbocycles. The number of sulfonamides is 1. The van der Waals surface area contributed by atoms with Gasteiger partial charge in [0.15, 0.2) is 0 Å². The van der Waals surface area contributed by atoms with Crippen molar-refractivity contribution < 1.29 is 13.2 Å². The zero-order chi connectivity index (χ0) is 17.0. The lowest BCUT2D eigenvalue weighted by Crippen LogP contribution is -2.22. The minimum absolute atomic E-state index is 0.0451. The lowest BCUT2D eigenvalue weighted by Gasteiger charge is -2.10. The molecule has 0 saturated carbocycles. The molecule has 0 saturated heterocycles. The van der Waals surface area contributed by atoms with Crippen molar-refractivity contribution in [3.8, 4) is 0 Å². The number of pyridine rings is 1. The first-order valence-electron chi connectivity index (χ1n) is 7.03. The molecule has 0 aliphatic heterocycles. The minimum atomic E-state index is -3.30. The van der Waals surface area contributed by atoms with E-state index >= 15 is 0 Å². The number of nitrogens with zero attached hydrogens (tertiary/aromatic N) is 1. The number of hydrogen-bond donors (Lipinski definition) is 2. The van der Waals surface area contributed by atoms with Crippen molar-refractivity contribution in [1.29, 1.82) is 0 Å². The molecule has 1 aromatic heterocycles. The molecule has 0 bridgehead atoms. The maximum absolute atomic E-state index is 12.4. The molecule has 0 radical (unpaired) electrons. The molecule has 2 N–H and O–H groups in total. The number of amides is 1. The topological polar surface area (TPSA) is 88.2 Å². The van der Waals surface area contributed by atoms with E-state index in [0.29, 0.717) is 11.3 Å². The smallest absolute Gasteiger partial charge is 0.255 e. The van der Waals surface area contributed by atoms with Crippen LogP contribution in [0.25, 0.3) is 0 Å². The highest BCUT2D eigenvalue weighted by atomic mass is 32.2. The van der Waals surface area contributed by atoms with Crippen LogP contribution in [0.15, 0.2) is 36.5 Å². The van der Waals surface area contributed by atoms with Crippen LogP contribution in [0.3, 0.4) is 0 Å². The summed E-state index contributed by atoms with van der Waals surface area (Å²) >= 11 is 0. The Balaban J connectivity index is 2.15. The van der Waals surface area contributed by atoms with Gasteiger partial charge in [0, 0.05) is 17.4 Å². The van der Waals surface area contributed by atoms with Crippen LogP contribution in [0.1, 0.15) is 27.2 Å². The van der Waals surface area contributed by atoms with Crippen LogP contribution in [0.5, 0.6) is 0 Å². The highest BCUT2D eigenvalue weighted by Gasteiger charge is 2.10. The van der Waals surface area contributed by atoms with E-state index in [1.807, 2.05) is 32.0 Å². The number of benzene rings is 1. The van der Waals surface area contributed by atoms with Gasteiger partial charge in [0.25, 0.3) is 5.91 Å². The first kappa shape index (κ1) is 17.1. The Hall–Kier alpha value is -2.25. The van der Waals surface area contributed by atoms with E-state index in [1.54, 1.807) is 12.1 Å². The molecule has 1 amide bonds. The predicted octanol–water partition coefficient (Wildman–Crippen LogP) is 2.00. The van der Waals surface area contributed by atoms with Crippen LogP contribution in [-0.2, 0) is 16.6 Å². The van der Waals surface area contributed by atoms with Crippen LogP contribution in [-0.4, -0.2) is 25.6 Å². The number of carbonyl (C=O) groups excluding carboxylic acids is 1. The highest BCUT2D eigenvalue weighted by molar-refractivity contribution is 7.88. The molecule has 122 valence electrons. The van der Waals surface area contributed by atoms with Crippen LogP contribution < -0.4 is 10.0 Å². The highest BCUT2D eigenvalue weighted by Crippen LogP contribution is 2.17. The Morgan fingerprint density at radius 1 is 1.17 bits per heavy atom. The van der Waals surface area contributed by atoms with Gasteiger partial charge in [-0.25, -0.2) is 13.1 Å². The minimum Gasteiger partial charge on any atom is -0.322 e. The van der Waals surface area contributed by atoms with E-state index in [9.17, 15) is 13.2 Å². The quantitative estimate of drug-likeness (QED) is 0.876. The zero-order valence-corrected chi connectivity index (χ0v) is 14.1. The molecule has 0 spiro atoms. The number of anilines is 1. The van der Waals surface area contributed by atoms with Gasteiger partial charge in [-0.2, -0.15) is 0 Å². The summed E-state index contributed by atoms with van der Waals surface area (Å²) in [6.07, 6.45) is 2.56. The second kappa shape index (κ2) is 6.89. The molecular weight excluding hydrogens is 314 g/mol. The molecule has 6 nitrogen and oxygen atoms in total. The van der Waals surface area contributed by atoms with Gasteiger partial charge in [-0.05, 0) is 43.2 Å². The summed E-state index contributed by atoms with van der Waals surface area (Å²) < 4.78 is 24.6. The summed E-state index contributed by atoms with van der Waals surface area (Å²) in [6, 6.07) is 8.98. The van der Waals surface area contributed by atoms with E-state index in [4.69, 9.17) is 0 Å². The first-order chi connectivity index (χ1) is 10.7. The van der Waals surface area contributed by atoms with Crippen LogP contribution in [0.2, 0.25) is 0 Å². The van der Waals surface area contributed by atoms with E-state index in [2.05, 4.69) is 15.0 Å². The van der Waals surface area contributed by atoms with Crippen molar-refractivity contribution in [2.45, 2.75) is 20.4 Å². The number of hydrogen-bond acceptors (Lipinski definition) is 4. The summed E-state index contributed by atoms with van der Waals surface area (Å²) in [6.45, 7) is 3.92. The molecule has 0 atom stereocenters. The fraction of sp³-hybridized carbons (Fsp3) is 0.250. The predicted molar refractivity (Wildman–Crippen MR) is 89.8 cm³/mol. The number of aryl methyl sites for hydroxylation is 2. The second-order valence-electron chi connectivity index (χ2n) is 5.40. The third-order valence-corrected chi connectivity index (χ3v) is 3.90. The lowest BCUT2D eigenvalue weighted by molar-refractivity contribution is 0.102. The van der Waals surface area contributed by atoms with Crippen LogP contribution in [0, 0.1) is 13.8 Å². The third-order valence-electron chi connectivity index (χ3n) is 3.24. The molecule has 2 rings (SSSR count). The molecule has 2 aromatic rings. The summed E-state index contributed by atoms with van der Waals surface area (Å²) in [7, 11) is -3.30. The molecule has 0 unspecified atom stereocenters. The fourth-order valence-electron chi connectivity index (χ4n) is 1.99. The second-order valence-corrected chi connectivity index (χ2v) is 7.23. The van der Waals surface area contributed by atoms with Crippen LogP contribution >= 0.6 is 0 Å². The fourth-order valence-corrected chi connectivity index (χ4v) is 2.40. The molecule has 0 aliphatic rings. The van der Waals surface area contributed by atoms with Gasteiger partial charge in [-0.15, -0.1) is 0 Å². The first-order valence-corrected chi connectivity index (χ1v) is 8.92. The Labute approximate surface area is 136 Å². The van der Waals surface area contributed by atoms with Crippen molar-refractivity contribution in [3.63, 3.8) is 0 Å². The molecule has 23 heavy (non-hydrogen) atoms. The zero-order valence-electron chi connectivity index (χ0n) is 13.3. The van der Waals surface area contributed by atoms with Gasteiger partial charge in [0.05, 0.1) is 18.5 Å². The summed E-state index contributed by atoms with van der Waals surface area (Å²) in [5.74, 6) is -0.262. The van der Waals surface area contributed by atoms with Gasteiger partial charge in [-0.3, -0.25) is 9.78 Å². The average Bonchev–Trinajstić information content (AvgIpc) is 2.48. The summed E-state index contributed by atoms with van der Waals surface area (Å²) in [5.41, 5.74) is 3.67. The number of rotatable bonds is 5. The summed E-state index contributed by atoms with van der Waals surface area (Å²) in [4.78, 5) is 16.4. The van der Waals surface area contributed by atoms with Crippen molar-refractivity contribution in [1.82, 2.24) is 9.71 Å².